The number of nitrogens with zero attached hydrogens (tertiary/aromatic N) is 1. The maximum Gasteiger partial charge on any atom is 0.123 e. The van der Waals surface area contributed by atoms with Gasteiger partial charge in [0, 0.05) is 22.2 Å². The maximum absolute atomic E-state index is 8.96. The summed E-state index contributed by atoms with van der Waals surface area (Å²) in [6.45, 7) is 4.12. The van der Waals surface area contributed by atoms with Gasteiger partial charge in [0.25, 0.3) is 0 Å². The molecule has 0 aromatic heterocycles. The van der Waals surface area contributed by atoms with E-state index in [1.807, 2.05) is 0 Å². The molecular weight excluding hydrogens is 231 g/mol. The first kappa shape index (κ1) is 12.1. The quantitative estimate of drug-likeness (QED) is 0.820. The smallest absolute Gasteiger partial charge is 0.123 e. The summed E-state index contributed by atoms with van der Waals surface area (Å²) in [5.74, 6) is 0. The molecule has 0 bridgehead atoms. The van der Waals surface area contributed by atoms with E-state index in [-0.39, 0.29) is 0 Å². The highest BCUT2D eigenvalue weighted by molar-refractivity contribution is 6.35. The van der Waals surface area contributed by atoms with E-state index in [0.717, 1.165) is 5.56 Å². The van der Waals surface area contributed by atoms with Crippen LogP contribution in [0, 0.1) is 11.3 Å². The molecule has 78 valence electrons. The van der Waals surface area contributed by atoms with Gasteiger partial charge in [-0.1, -0.05) is 35.3 Å². The van der Waals surface area contributed by atoms with E-state index < -0.39 is 6.04 Å². The SMILES string of the molecule is C=CCNC(C#N)c1ccc(Cl)cc1Cl. The lowest BCUT2D eigenvalue weighted by Crippen LogP contribution is -2.20. The van der Waals surface area contributed by atoms with Crippen molar-refractivity contribution in [2.75, 3.05) is 6.54 Å². The Morgan fingerprint density at radius 1 is 1.53 bits per heavy atom. The van der Waals surface area contributed by atoms with Gasteiger partial charge >= 0.3 is 0 Å². The Labute approximate surface area is 99.1 Å². The number of nitriles is 1. The maximum atomic E-state index is 8.96. The van der Waals surface area contributed by atoms with Crippen molar-refractivity contribution in [3.05, 3.63) is 46.5 Å². The van der Waals surface area contributed by atoms with Gasteiger partial charge in [0.15, 0.2) is 0 Å². The molecule has 0 amide bonds. The lowest BCUT2D eigenvalue weighted by Gasteiger charge is -2.11. The zero-order chi connectivity index (χ0) is 11.3. The van der Waals surface area contributed by atoms with Crippen LogP contribution in [0.2, 0.25) is 10.0 Å². The highest BCUT2D eigenvalue weighted by atomic mass is 35.5. The molecule has 0 radical (unpaired) electrons. The zero-order valence-corrected chi connectivity index (χ0v) is 9.52. The Hall–Kier alpha value is -1.01. The van der Waals surface area contributed by atoms with Crippen molar-refractivity contribution in [2.24, 2.45) is 0 Å². The van der Waals surface area contributed by atoms with Crippen LogP contribution in [0.15, 0.2) is 30.9 Å². The van der Waals surface area contributed by atoms with Crippen LogP contribution in [0.5, 0.6) is 0 Å². The second kappa shape index (κ2) is 5.77. The molecular formula is C11H10Cl2N2. The van der Waals surface area contributed by atoms with Gasteiger partial charge in [-0.05, 0) is 12.1 Å². The third kappa shape index (κ3) is 3.24. The average Bonchev–Trinajstić information content (AvgIpc) is 2.21. The third-order valence-corrected chi connectivity index (χ3v) is 2.43. The third-order valence-electron chi connectivity index (χ3n) is 1.87. The molecule has 1 rings (SSSR count). The summed E-state index contributed by atoms with van der Waals surface area (Å²) in [6, 6.07) is 6.77. The highest BCUT2D eigenvalue weighted by Crippen LogP contribution is 2.25. The van der Waals surface area contributed by atoms with E-state index in [1.54, 1.807) is 24.3 Å². The largest absolute Gasteiger partial charge is 0.295 e. The minimum absolute atomic E-state index is 0.437. The summed E-state index contributed by atoms with van der Waals surface area (Å²) < 4.78 is 0. The normalized spacial score (nSPS) is 11.8. The summed E-state index contributed by atoms with van der Waals surface area (Å²) >= 11 is 11.7. The van der Waals surface area contributed by atoms with Gasteiger partial charge in [-0.25, -0.2) is 0 Å². The molecule has 0 aliphatic carbocycles. The lowest BCUT2D eigenvalue weighted by atomic mass is 10.1. The predicted octanol–water partition coefficient (Wildman–Crippen LogP) is 3.33. The minimum atomic E-state index is -0.437. The number of rotatable bonds is 4. The van der Waals surface area contributed by atoms with Crippen LogP contribution in [0.3, 0.4) is 0 Å². The van der Waals surface area contributed by atoms with Gasteiger partial charge in [0.2, 0.25) is 0 Å². The molecule has 1 atom stereocenters. The first-order valence-corrected chi connectivity index (χ1v) is 5.13. The van der Waals surface area contributed by atoms with Crippen molar-refractivity contribution in [1.29, 1.82) is 5.26 Å². The van der Waals surface area contributed by atoms with Gasteiger partial charge in [-0.3, -0.25) is 5.32 Å². The number of nitrogens with one attached hydrogen (secondary N) is 1. The average molecular weight is 241 g/mol. The predicted molar refractivity (Wildman–Crippen MR) is 63.0 cm³/mol. The van der Waals surface area contributed by atoms with Crippen molar-refractivity contribution >= 4 is 23.2 Å². The van der Waals surface area contributed by atoms with Crippen molar-refractivity contribution < 1.29 is 0 Å². The van der Waals surface area contributed by atoms with Crippen LogP contribution in [0.1, 0.15) is 11.6 Å². The Balaban J connectivity index is 2.92. The van der Waals surface area contributed by atoms with Gasteiger partial charge in [-0.2, -0.15) is 5.26 Å². The van der Waals surface area contributed by atoms with Crippen molar-refractivity contribution in [1.82, 2.24) is 5.32 Å². The number of hydrogen-bond acceptors (Lipinski definition) is 2. The fourth-order valence-corrected chi connectivity index (χ4v) is 1.68. The Morgan fingerprint density at radius 2 is 2.27 bits per heavy atom. The number of benzene rings is 1. The fourth-order valence-electron chi connectivity index (χ4n) is 1.16. The van der Waals surface area contributed by atoms with Crippen LogP contribution in [-0.2, 0) is 0 Å². The van der Waals surface area contributed by atoms with Gasteiger partial charge in [-0.15, -0.1) is 6.58 Å². The molecule has 1 unspecified atom stereocenters. The molecule has 0 saturated heterocycles. The molecule has 1 aromatic carbocycles. The van der Waals surface area contributed by atoms with Crippen LogP contribution < -0.4 is 5.32 Å². The number of hydrogen-bond donors (Lipinski definition) is 1. The standard InChI is InChI=1S/C11H10Cl2N2/c1-2-5-15-11(7-14)9-4-3-8(12)6-10(9)13/h2-4,6,11,15H,1,5H2. The van der Waals surface area contributed by atoms with Crippen LogP contribution in [-0.4, -0.2) is 6.54 Å². The van der Waals surface area contributed by atoms with E-state index in [9.17, 15) is 0 Å². The zero-order valence-electron chi connectivity index (χ0n) is 8.00. The molecule has 1 N–H and O–H groups in total. The molecule has 1 aromatic rings. The van der Waals surface area contributed by atoms with Crippen LogP contribution in [0.25, 0.3) is 0 Å². The molecule has 2 nitrogen and oxygen atoms in total. The van der Waals surface area contributed by atoms with Crippen LogP contribution in [0.4, 0.5) is 0 Å². The summed E-state index contributed by atoms with van der Waals surface area (Å²) in [6.07, 6.45) is 1.69. The highest BCUT2D eigenvalue weighted by Gasteiger charge is 2.12. The second-order valence-corrected chi connectivity index (χ2v) is 3.77. The Morgan fingerprint density at radius 3 is 2.80 bits per heavy atom. The van der Waals surface area contributed by atoms with E-state index in [4.69, 9.17) is 28.5 Å². The Kier molecular flexibility index (Phi) is 4.64. The molecule has 0 aliphatic heterocycles. The van der Waals surface area contributed by atoms with Gasteiger partial charge < -0.3 is 0 Å². The molecule has 0 spiro atoms. The summed E-state index contributed by atoms with van der Waals surface area (Å²) in [4.78, 5) is 0. The van der Waals surface area contributed by atoms with Crippen molar-refractivity contribution in [3.63, 3.8) is 0 Å². The monoisotopic (exact) mass is 240 g/mol. The molecule has 0 aliphatic rings. The number of halogens is 2. The van der Waals surface area contributed by atoms with Crippen molar-refractivity contribution in [2.45, 2.75) is 6.04 Å². The van der Waals surface area contributed by atoms with Gasteiger partial charge in [0.05, 0.1) is 6.07 Å². The lowest BCUT2D eigenvalue weighted by molar-refractivity contribution is 0.684. The first-order valence-electron chi connectivity index (χ1n) is 4.38. The van der Waals surface area contributed by atoms with Crippen LogP contribution >= 0.6 is 23.2 Å². The Bertz CT molecular complexity index is 396. The molecule has 0 fully saturated rings. The van der Waals surface area contributed by atoms with E-state index in [2.05, 4.69) is 18.0 Å². The van der Waals surface area contributed by atoms with E-state index in [0.29, 0.717) is 16.6 Å². The van der Waals surface area contributed by atoms with Crippen molar-refractivity contribution in [3.8, 4) is 6.07 Å². The summed E-state index contributed by atoms with van der Waals surface area (Å²) in [7, 11) is 0. The fraction of sp³-hybridized carbons (Fsp3) is 0.182. The molecule has 0 saturated carbocycles. The second-order valence-electron chi connectivity index (χ2n) is 2.92. The molecule has 15 heavy (non-hydrogen) atoms. The first-order chi connectivity index (χ1) is 7.19. The topological polar surface area (TPSA) is 35.8 Å². The summed E-state index contributed by atoms with van der Waals surface area (Å²) in [5, 5.41) is 13.0. The molecule has 4 heteroatoms. The minimum Gasteiger partial charge on any atom is -0.295 e. The van der Waals surface area contributed by atoms with E-state index in [1.165, 1.54) is 0 Å². The molecule has 0 heterocycles. The van der Waals surface area contributed by atoms with Gasteiger partial charge in [0.1, 0.15) is 6.04 Å². The summed E-state index contributed by atoms with van der Waals surface area (Å²) in [5.41, 5.74) is 0.727. The van der Waals surface area contributed by atoms with E-state index >= 15 is 0 Å².